The van der Waals surface area contributed by atoms with Gasteiger partial charge in [-0.3, -0.25) is 14.5 Å². The number of nitrogens with one attached hydrogen (secondary N) is 1. The number of rotatable bonds is 5. The monoisotopic (exact) mass is 312 g/mol. The first kappa shape index (κ1) is 18.9. The summed E-state index contributed by atoms with van der Waals surface area (Å²) in [5.41, 5.74) is -0.392. The number of carbonyl (C=O) groups is 2. The molecule has 0 aromatic rings. The maximum atomic E-state index is 12.2. The predicted octanol–water partition coefficient (Wildman–Crippen LogP) is 2.20. The van der Waals surface area contributed by atoms with Gasteiger partial charge in [0.1, 0.15) is 0 Å². The van der Waals surface area contributed by atoms with Crippen molar-refractivity contribution in [3.05, 3.63) is 0 Å². The molecule has 0 aromatic heterocycles. The van der Waals surface area contributed by atoms with Gasteiger partial charge < -0.3 is 10.1 Å². The van der Waals surface area contributed by atoms with E-state index in [1.165, 1.54) is 0 Å². The van der Waals surface area contributed by atoms with E-state index in [9.17, 15) is 9.59 Å². The number of piperidine rings is 1. The van der Waals surface area contributed by atoms with E-state index in [1.54, 1.807) is 0 Å². The van der Waals surface area contributed by atoms with Gasteiger partial charge in [-0.25, -0.2) is 0 Å². The van der Waals surface area contributed by atoms with E-state index in [0.29, 0.717) is 19.1 Å². The fourth-order valence-electron chi connectivity index (χ4n) is 2.77. The molecule has 0 radical (unpaired) electrons. The van der Waals surface area contributed by atoms with Gasteiger partial charge in [0.05, 0.1) is 6.61 Å². The minimum atomic E-state index is -0.392. The minimum Gasteiger partial charge on any atom is -0.466 e. The van der Waals surface area contributed by atoms with E-state index in [1.807, 2.05) is 27.7 Å². The molecule has 128 valence electrons. The summed E-state index contributed by atoms with van der Waals surface area (Å²) in [6, 6.07) is 0.501. The Morgan fingerprint density at radius 2 is 1.91 bits per heavy atom. The van der Waals surface area contributed by atoms with Crippen LogP contribution in [0.25, 0.3) is 0 Å². The number of hydrogen-bond acceptors (Lipinski definition) is 4. The number of amides is 1. The topological polar surface area (TPSA) is 58.6 Å². The smallest absolute Gasteiger partial charge is 0.306 e. The molecule has 1 rings (SSSR count). The summed E-state index contributed by atoms with van der Waals surface area (Å²) in [4.78, 5) is 26.3. The summed E-state index contributed by atoms with van der Waals surface area (Å²) in [7, 11) is 0. The van der Waals surface area contributed by atoms with Crippen molar-refractivity contribution in [3.63, 3.8) is 0 Å². The molecule has 1 aliphatic heterocycles. The van der Waals surface area contributed by atoms with Crippen molar-refractivity contribution < 1.29 is 14.3 Å². The molecule has 1 heterocycles. The third-order valence-electron chi connectivity index (χ3n) is 4.07. The molecule has 2 unspecified atom stereocenters. The summed E-state index contributed by atoms with van der Waals surface area (Å²) in [5, 5.41) is 3.15. The maximum Gasteiger partial charge on any atom is 0.306 e. The van der Waals surface area contributed by atoms with Crippen LogP contribution in [0.15, 0.2) is 0 Å². The predicted molar refractivity (Wildman–Crippen MR) is 87.5 cm³/mol. The average molecular weight is 312 g/mol. The quantitative estimate of drug-likeness (QED) is 0.791. The van der Waals surface area contributed by atoms with Gasteiger partial charge in [0.25, 0.3) is 0 Å². The highest BCUT2D eigenvalue weighted by Gasteiger charge is 2.32. The summed E-state index contributed by atoms with van der Waals surface area (Å²) in [5.74, 6) is 0.164. The second-order valence-corrected chi connectivity index (χ2v) is 7.58. The van der Waals surface area contributed by atoms with Crippen molar-refractivity contribution in [2.45, 2.75) is 66.5 Å². The lowest BCUT2D eigenvalue weighted by molar-refractivity contribution is -0.144. The Balaban J connectivity index is 2.68. The van der Waals surface area contributed by atoms with Gasteiger partial charge in [-0.2, -0.15) is 0 Å². The van der Waals surface area contributed by atoms with Gasteiger partial charge in [0.15, 0.2) is 0 Å². The molecule has 0 saturated carbocycles. The van der Waals surface area contributed by atoms with Crippen LogP contribution in [-0.2, 0) is 14.3 Å². The largest absolute Gasteiger partial charge is 0.466 e. The number of likely N-dealkylation sites (tertiary alicyclic amines) is 1. The van der Waals surface area contributed by atoms with Crippen molar-refractivity contribution in [2.24, 2.45) is 11.3 Å². The normalized spacial score (nSPS) is 23.4. The molecule has 5 nitrogen and oxygen atoms in total. The highest BCUT2D eigenvalue weighted by Crippen LogP contribution is 2.23. The summed E-state index contributed by atoms with van der Waals surface area (Å²) in [6.45, 7) is 14.0. The lowest BCUT2D eigenvalue weighted by Gasteiger charge is -2.40. The first-order chi connectivity index (χ1) is 10.1. The Morgan fingerprint density at radius 3 is 2.41 bits per heavy atom. The molecule has 0 aromatic carbocycles. The van der Waals surface area contributed by atoms with E-state index in [4.69, 9.17) is 4.74 Å². The van der Waals surface area contributed by atoms with Crippen LogP contribution in [0.2, 0.25) is 0 Å². The Hall–Kier alpha value is -1.10. The van der Waals surface area contributed by atoms with Crippen LogP contribution in [0.1, 0.15) is 54.4 Å². The number of nitrogens with zero attached hydrogens (tertiary/aromatic N) is 1. The van der Waals surface area contributed by atoms with Crippen molar-refractivity contribution >= 4 is 11.9 Å². The SMILES string of the molecule is CCOC(=O)CC1CC(NC(=O)C(C)(C)C)CN(C(C)C)C1. The molecule has 22 heavy (non-hydrogen) atoms. The molecule has 1 N–H and O–H groups in total. The molecule has 0 spiro atoms. The van der Waals surface area contributed by atoms with Crippen LogP contribution < -0.4 is 5.32 Å². The van der Waals surface area contributed by atoms with Gasteiger partial charge in [-0.1, -0.05) is 20.8 Å². The zero-order valence-electron chi connectivity index (χ0n) is 14.9. The fourth-order valence-corrected chi connectivity index (χ4v) is 2.77. The van der Waals surface area contributed by atoms with Gasteiger partial charge in [-0.15, -0.1) is 0 Å². The number of ether oxygens (including phenoxy) is 1. The van der Waals surface area contributed by atoms with Crippen molar-refractivity contribution in [1.29, 1.82) is 0 Å². The van der Waals surface area contributed by atoms with E-state index in [-0.39, 0.29) is 23.8 Å². The van der Waals surface area contributed by atoms with E-state index >= 15 is 0 Å². The molecule has 1 fully saturated rings. The Labute approximate surface area is 134 Å². The zero-order chi connectivity index (χ0) is 16.9. The van der Waals surface area contributed by atoms with Gasteiger partial charge in [0.2, 0.25) is 5.91 Å². The molecule has 1 amide bonds. The van der Waals surface area contributed by atoms with Crippen molar-refractivity contribution in [1.82, 2.24) is 10.2 Å². The maximum absolute atomic E-state index is 12.2. The van der Waals surface area contributed by atoms with Gasteiger partial charge in [-0.05, 0) is 33.1 Å². The molecule has 2 atom stereocenters. The molecular formula is C17H32N2O3. The standard InChI is InChI=1S/C17H32N2O3/c1-7-22-15(20)9-13-8-14(11-19(10-13)12(2)3)18-16(21)17(4,5)6/h12-14H,7-11H2,1-6H3,(H,18,21). The Bertz CT molecular complexity index is 388. The molecule has 5 heteroatoms. The van der Waals surface area contributed by atoms with Crippen LogP contribution in [0.4, 0.5) is 0 Å². The summed E-state index contributed by atoms with van der Waals surface area (Å²) in [6.07, 6.45) is 1.27. The van der Waals surface area contributed by atoms with E-state index < -0.39 is 5.41 Å². The second kappa shape index (κ2) is 7.95. The van der Waals surface area contributed by atoms with Crippen LogP contribution in [0.3, 0.4) is 0 Å². The lowest BCUT2D eigenvalue weighted by Crippen LogP contribution is -2.54. The van der Waals surface area contributed by atoms with E-state index in [0.717, 1.165) is 19.5 Å². The first-order valence-electron chi connectivity index (χ1n) is 8.34. The fraction of sp³-hybridized carbons (Fsp3) is 0.882. The average Bonchev–Trinajstić information content (AvgIpc) is 2.37. The van der Waals surface area contributed by atoms with Crippen LogP contribution >= 0.6 is 0 Å². The van der Waals surface area contributed by atoms with Crippen molar-refractivity contribution in [2.75, 3.05) is 19.7 Å². The molecule has 1 saturated heterocycles. The van der Waals surface area contributed by atoms with Gasteiger partial charge >= 0.3 is 5.97 Å². The molecule has 0 bridgehead atoms. The first-order valence-corrected chi connectivity index (χ1v) is 8.34. The van der Waals surface area contributed by atoms with E-state index in [2.05, 4.69) is 24.1 Å². The number of esters is 1. The number of carbonyl (C=O) groups excluding carboxylic acids is 2. The third-order valence-corrected chi connectivity index (χ3v) is 4.07. The highest BCUT2D eigenvalue weighted by molar-refractivity contribution is 5.81. The van der Waals surface area contributed by atoms with Crippen LogP contribution in [-0.4, -0.2) is 48.6 Å². The zero-order valence-corrected chi connectivity index (χ0v) is 14.9. The molecule has 1 aliphatic rings. The Kier molecular flexibility index (Phi) is 6.85. The van der Waals surface area contributed by atoms with Crippen LogP contribution in [0, 0.1) is 11.3 Å². The van der Waals surface area contributed by atoms with Gasteiger partial charge in [0, 0.05) is 37.0 Å². The second-order valence-electron chi connectivity index (χ2n) is 7.58. The summed E-state index contributed by atoms with van der Waals surface area (Å²) >= 11 is 0. The Morgan fingerprint density at radius 1 is 1.27 bits per heavy atom. The third kappa shape index (κ3) is 5.95. The molecular weight excluding hydrogens is 280 g/mol. The lowest BCUT2D eigenvalue weighted by atomic mass is 9.89. The van der Waals surface area contributed by atoms with Crippen LogP contribution in [0.5, 0.6) is 0 Å². The number of hydrogen-bond donors (Lipinski definition) is 1. The molecule has 0 aliphatic carbocycles. The highest BCUT2D eigenvalue weighted by atomic mass is 16.5. The van der Waals surface area contributed by atoms with Crippen molar-refractivity contribution in [3.8, 4) is 0 Å². The minimum absolute atomic E-state index is 0.0676. The summed E-state index contributed by atoms with van der Waals surface area (Å²) < 4.78 is 5.07.